The lowest BCUT2D eigenvalue weighted by atomic mass is 9.54. The minimum atomic E-state index is -2.98. The van der Waals surface area contributed by atoms with Crippen LogP contribution < -0.4 is 5.73 Å². The van der Waals surface area contributed by atoms with Gasteiger partial charge >= 0.3 is 0 Å². The van der Waals surface area contributed by atoms with Gasteiger partial charge in [-0.1, -0.05) is 26.0 Å². The predicted molar refractivity (Wildman–Crippen MR) is 145 cm³/mol. The van der Waals surface area contributed by atoms with Crippen LogP contribution in [0.25, 0.3) is 11.8 Å². The second-order valence-electron chi connectivity index (χ2n) is 10.9. The number of phenols is 1. The number of nitrogens with zero attached hydrogens (tertiary/aromatic N) is 1. The largest absolute Gasteiger partial charge is 0.508 e. The lowest BCUT2D eigenvalue weighted by Gasteiger charge is -2.53. The summed E-state index contributed by atoms with van der Waals surface area (Å²) >= 11 is 0. The summed E-state index contributed by atoms with van der Waals surface area (Å²) in [5.41, 5.74) is 1.44. The van der Waals surface area contributed by atoms with Crippen molar-refractivity contribution < 1.29 is 49.4 Å². The summed E-state index contributed by atoms with van der Waals surface area (Å²) in [6, 6.07) is 1.32. The van der Waals surface area contributed by atoms with Crippen molar-refractivity contribution in [2.45, 2.75) is 43.9 Å². The fraction of sp³-hybridized carbons (Fsp3) is 0.448. The zero-order chi connectivity index (χ0) is 30.5. The Kier molecular flexibility index (Phi) is 7.98. The average Bonchev–Trinajstić information content (AvgIpc) is 2.89. The molecule has 4 rings (SSSR count). The highest BCUT2D eigenvalue weighted by Crippen LogP contribution is 2.56. The Morgan fingerprint density at radius 3 is 2.41 bits per heavy atom. The second kappa shape index (κ2) is 10.9. The first-order chi connectivity index (χ1) is 19.2. The molecule has 6 atom stereocenters. The fourth-order valence-corrected chi connectivity index (χ4v) is 6.42. The van der Waals surface area contributed by atoms with Gasteiger partial charge in [0.2, 0.25) is 5.78 Å². The van der Waals surface area contributed by atoms with Crippen molar-refractivity contribution in [2.75, 3.05) is 27.3 Å². The van der Waals surface area contributed by atoms with Gasteiger partial charge in [-0.3, -0.25) is 24.1 Å². The highest BCUT2D eigenvalue weighted by Gasteiger charge is 2.68. The number of carbonyl (C=O) groups excluding carboxylic acids is 4. The number of benzene rings is 1. The molecule has 0 aromatic heterocycles. The van der Waals surface area contributed by atoms with Gasteiger partial charge in [0.1, 0.15) is 29.4 Å². The van der Waals surface area contributed by atoms with Crippen LogP contribution in [0.4, 0.5) is 0 Å². The molecule has 0 radical (unpaired) electrons. The molecule has 1 aromatic rings. The molecular formula is C29H34N2O10. The number of hydrogen-bond acceptors (Lipinski definition) is 11. The summed E-state index contributed by atoms with van der Waals surface area (Å²) in [7, 11) is 2.87. The topological polar surface area (TPSA) is 208 Å². The Hall–Kier alpha value is -3.84. The smallest absolute Gasteiger partial charge is 0.255 e. The van der Waals surface area contributed by atoms with Crippen LogP contribution in [0.5, 0.6) is 5.75 Å². The molecule has 0 saturated heterocycles. The molecule has 41 heavy (non-hydrogen) atoms. The third-order valence-electron chi connectivity index (χ3n) is 8.18. The molecule has 0 bridgehead atoms. The number of rotatable bonds is 8. The van der Waals surface area contributed by atoms with E-state index in [1.165, 1.54) is 43.3 Å². The number of primary amides is 1. The molecule has 1 fully saturated rings. The molecule has 12 heteroatoms. The normalized spacial score (nSPS) is 29.6. The number of aliphatic hydroxyl groups is 4. The minimum absolute atomic E-state index is 0.143. The minimum Gasteiger partial charge on any atom is -0.508 e. The van der Waals surface area contributed by atoms with Crippen LogP contribution in [-0.2, 0) is 23.9 Å². The van der Waals surface area contributed by atoms with E-state index in [4.69, 9.17) is 10.5 Å². The second-order valence-corrected chi connectivity index (χ2v) is 10.9. The van der Waals surface area contributed by atoms with Crippen molar-refractivity contribution in [1.29, 1.82) is 0 Å². The zero-order valence-corrected chi connectivity index (χ0v) is 23.1. The Labute approximate surface area is 236 Å². The summed E-state index contributed by atoms with van der Waals surface area (Å²) < 4.78 is 5.26. The molecule has 3 aliphatic rings. The van der Waals surface area contributed by atoms with E-state index in [1.807, 2.05) is 6.92 Å². The average molecular weight is 571 g/mol. The quantitative estimate of drug-likeness (QED) is 0.144. The van der Waals surface area contributed by atoms with Crippen molar-refractivity contribution >= 4 is 35.1 Å². The van der Waals surface area contributed by atoms with E-state index in [-0.39, 0.29) is 18.0 Å². The number of hydrogen-bond donors (Lipinski definition) is 6. The number of fused-ring (bicyclic) bond motifs is 3. The monoisotopic (exact) mass is 570 g/mol. The molecule has 1 aromatic carbocycles. The molecule has 220 valence electrons. The Bertz CT molecular complexity index is 1420. The molecule has 1 saturated carbocycles. The molecule has 1 amide bonds. The highest BCUT2D eigenvalue weighted by molar-refractivity contribution is 6.24. The van der Waals surface area contributed by atoms with E-state index < -0.39 is 81.4 Å². The van der Waals surface area contributed by atoms with Crippen molar-refractivity contribution in [3.8, 4) is 5.75 Å². The first kappa shape index (κ1) is 30.1. The van der Waals surface area contributed by atoms with E-state index in [2.05, 4.69) is 0 Å². The lowest BCUT2D eigenvalue weighted by Crippen LogP contribution is -2.70. The van der Waals surface area contributed by atoms with E-state index in [0.717, 1.165) is 6.42 Å². The van der Waals surface area contributed by atoms with Gasteiger partial charge in [-0.05, 0) is 49.7 Å². The van der Waals surface area contributed by atoms with E-state index >= 15 is 0 Å². The third-order valence-corrected chi connectivity index (χ3v) is 8.18. The lowest BCUT2D eigenvalue weighted by molar-refractivity contribution is -0.169. The molecule has 0 heterocycles. The maximum Gasteiger partial charge on any atom is 0.255 e. The maximum absolute atomic E-state index is 14.0. The van der Waals surface area contributed by atoms with E-state index in [1.54, 1.807) is 6.92 Å². The first-order valence-electron chi connectivity index (χ1n) is 13.2. The van der Waals surface area contributed by atoms with Gasteiger partial charge in [0, 0.05) is 18.1 Å². The molecule has 12 nitrogen and oxygen atoms in total. The molecule has 0 spiro atoms. The number of Topliss-reactive ketones (excluding diaryl/α,β-unsaturated/α-hetero) is 2. The molecule has 3 aliphatic carbocycles. The SMILES string of the molecule is CCCOCC(=O)/C=C/c1ccc(O)c2c1[C@@H](C)[C@H]1C(=C2O)C(=O)[C@@]2(O)C(O)=C(C(N)=O)C(=O)[C@H](N(C)C)[C@H]2[C@@H]1O. The van der Waals surface area contributed by atoms with Crippen LogP contribution in [-0.4, -0.2) is 98.7 Å². The highest BCUT2D eigenvalue weighted by atomic mass is 16.5. The van der Waals surface area contributed by atoms with Crippen LogP contribution in [0.15, 0.2) is 35.1 Å². The number of amides is 1. The van der Waals surface area contributed by atoms with E-state index in [9.17, 15) is 44.7 Å². The van der Waals surface area contributed by atoms with Crippen LogP contribution in [0, 0.1) is 11.8 Å². The van der Waals surface area contributed by atoms with Crippen LogP contribution in [0.3, 0.4) is 0 Å². The zero-order valence-electron chi connectivity index (χ0n) is 23.1. The number of phenolic OH excluding ortho intramolecular Hbond substituents is 1. The third kappa shape index (κ3) is 4.47. The number of likely N-dealkylation sites (N-methyl/N-ethyl adjacent to an activating group) is 1. The van der Waals surface area contributed by atoms with Crippen LogP contribution >= 0.6 is 0 Å². The molecule has 0 aliphatic heterocycles. The number of aliphatic hydroxyl groups excluding tert-OH is 3. The van der Waals surface area contributed by atoms with Crippen molar-refractivity contribution in [3.63, 3.8) is 0 Å². The van der Waals surface area contributed by atoms with Crippen LogP contribution in [0.1, 0.15) is 42.9 Å². The molecular weight excluding hydrogens is 536 g/mol. The maximum atomic E-state index is 14.0. The molecule has 7 N–H and O–H groups in total. The number of carbonyl (C=O) groups is 4. The van der Waals surface area contributed by atoms with Gasteiger partial charge < -0.3 is 36.0 Å². The Morgan fingerprint density at radius 2 is 1.83 bits per heavy atom. The summed E-state index contributed by atoms with van der Waals surface area (Å²) in [4.78, 5) is 53.0. The first-order valence-corrected chi connectivity index (χ1v) is 13.2. The predicted octanol–water partition coefficient (Wildman–Crippen LogP) is 0.505. The van der Waals surface area contributed by atoms with Gasteiger partial charge in [0.15, 0.2) is 17.2 Å². The van der Waals surface area contributed by atoms with Gasteiger partial charge in [-0.15, -0.1) is 0 Å². The standard InChI is InChI=1S/C29H34N2O10/c1-5-10-41-11-14(32)8-6-13-7-9-15(33)18-16(13)12(2)17-19(23(18)34)26(37)29(40)21(24(17)35)22(31(3)4)25(36)20(27(29)38)28(30)39/h6-9,12,17,21-22,24,33-35,38,40H,5,10-11H2,1-4H3,(H2,30,39)/b8-6+/t12-,17+,21+,22-,24-,29-/m1/s1. The summed E-state index contributed by atoms with van der Waals surface area (Å²) in [5.74, 6) is -10.1. The van der Waals surface area contributed by atoms with Crippen LogP contribution in [0.2, 0.25) is 0 Å². The summed E-state index contributed by atoms with van der Waals surface area (Å²) in [5, 5.41) is 56.5. The number of nitrogens with two attached hydrogens (primary N) is 1. The van der Waals surface area contributed by atoms with Gasteiger partial charge in [-0.2, -0.15) is 0 Å². The molecule has 0 unspecified atom stereocenters. The van der Waals surface area contributed by atoms with Crippen molar-refractivity contribution in [3.05, 3.63) is 51.8 Å². The fourth-order valence-electron chi connectivity index (χ4n) is 6.42. The van der Waals surface area contributed by atoms with Gasteiger partial charge in [-0.25, -0.2) is 0 Å². The number of ether oxygens (including phenoxy) is 1. The number of ketones is 3. The van der Waals surface area contributed by atoms with Crippen molar-refractivity contribution in [1.82, 2.24) is 4.90 Å². The van der Waals surface area contributed by atoms with Crippen molar-refractivity contribution in [2.24, 2.45) is 17.6 Å². The Balaban J connectivity index is 1.93. The summed E-state index contributed by atoms with van der Waals surface area (Å²) in [6.45, 7) is 3.80. The van der Waals surface area contributed by atoms with Gasteiger partial charge in [0.25, 0.3) is 5.91 Å². The van der Waals surface area contributed by atoms with Gasteiger partial charge in [0.05, 0.1) is 23.6 Å². The number of aromatic hydroxyl groups is 1. The summed E-state index contributed by atoms with van der Waals surface area (Å²) in [6.07, 6.45) is 1.78. The Morgan fingerprint density at radius 1 is 1.17 bits per heavy atom. The van der Waals surface area contributed by atoms with E-state index in [0.29, 0.717) is 17.7 Å².